The summed E-state index contributed by atoms with van der Waals surface area (Å²) in [5.74, 6) is -0.113. The highest BCUT2D eigenvalue weighted by molar-refractivity contribution is 6.30. The highest BCUT2D eigenvalue weighted by Crippen LogP contribution is 2.21. The lowest BCUT2D eigenvalue weighted by molar-refractivity contribution is 0.743. The van der Waals surface area contributed by atoms with E-state index < -0.39 is 0 Å². The molecule has 2 nitrogen and oxygen atoms in total. The molecule has 0 N–H and O–H groups in total. The number of aromatic nitrogens is 1. The summed E-state index contributed by atoms with van der Waals surface area (Å²) in [6.45, 7) is 0. The van der Waals surface area contributed by atoms with Crippen LogP contribution in [0.25, 0.3) is 0 Å². The first-order valence-corrected chi connectivity index (χ1v) is 6.21. The smallest absolute Gasteiger partial charge is 0.0730 e. The maximum absolute atomic E-state index is 9.21. The first-order valence-electron chi connectivity index (χ1n) is 5.83. The predicted octanol–water partition coefficient (Wildman–Crippen LogP) is 3.97. The summed E-state index contributed by atoms with van der Waals surface area (Å²) in [5.41, 5.74) is 2.13. The molecule has 0 radical (unpaired) electrons. The molecule has 1 heterocycles. The van der Waals surface area contributed by atoms with Crippen LogP contribution in [-0.4, -0.2) is 4.98 Å². The van der Waals surface area contributed by atoms with Crippen molar-refractivity contribution in [3.8, 4) is 6.07 Å². The van der Waals surface area contributed by atoms with E-state index in [1.807, 2.05) is 36.4 Å². The summed E-state index contributed by atoms with van der Waals surface area (Å²) in [7, 11) is 0. The second-order valence-electron chi connectivity index (χ2n) is 4.14. The van der Waals surface area contributed by atoms with E-state index in [9.17, 15) is 5.26 Å². The standard InChI is InChI=1S/C15H13ClN2/c16-15-5-1-3-12(9-15)6-7-13(10-17)14-4-2-8-18-11-14/h1-5,8-9,11,13H,6-7H2/t13-/m1/s1. The quantitative estimate of drug-likeness (QED) is 0.830. The number of nitrogens with zero attached hydrogens (tertiary/aromatic N) is 2. The molecular weight excluding hydrogens is 244 g/mol. The van der Waals surface area contributed by atoms with Crippen LogP contribution in [0.3, 0.4) is 0 Å². The molecule has 1 aromatic carbocycles. The molecule has 0 amide bonds. The summed E-state index contributed by atoms with van der Waals surface area (Å²) in [6.07, 6.45) is 5.09. The van der Waals surface area contributed by atoms with Gasteiger partial charge < -0.3 is 0 Å². The minimum atomic E-state index is -0.113. The number of rotatable bonds is 4. The Morgan fingerprint density at radius 3 is 2.83 bits per heavy atom. The molecule has 0 spiro atoms. The molecule has 1 atom stereocenters. The van der Waals surface area contributed by atoms with Crippen LogP contribution in [0.5, 0.6) is 0 Å². The van der Waals surface area contributed by atoms with E-state index in [0.29, 0.717) is 0 Å². The van der Waals surface area contributed by atoms with Crippen LogP contribution >= 0.6 is 11.6 Å². The molecule has 18 heavy (non-hydrogen) atoms. The average molecular weight is 257 g/mol. The van der Waals surface area contributed by atoms with Crippen LogP contribution in [0.2, 0.25) is 5.02 Å². The zero-order valence-electron chi connectivity index (χ0n) is 9.88. The Labute approximate surface area is 112 Å². The number of aryl methyl sites for hydroxylation is 1. The van der Waals surface area contributed by atoms with Gasteiger partial charge in [0.25, 0.3) is 0 Å². The largest absolute Gasteiger partial charge is 0.264 e. The van der Waals surface area contributed by atoms with Crippen molar-refractivity contribution in [3.05, 3.63) is 64.9 Å². The lowest BCUT2D eigenvalue weighted by Crippen LogP contribution is -1.98. The summed E-state index contributed by atoms with van der Waals surface area (Å²) in [4.78, 5) is 4.05. The van der Waals surface area contributed by atoms with Gasteiger partial charge in [-0.1, -0.05) is 29.8 Å². The molecule has 0 unspecified atom stereocenters. The molecule has 0 aliphatic carbocycles. The van der Waals surface area contributed by atoms with Crippen LogP contribution in [-0.2, 0) is 6.42 Å². The van der Waals surface area contributed by atoms with Crippen LogP contribution in [0, 0.1) is 11.3 Å². The van der Waals surface area contributed by atoms with Crippen molar-refractivity contribution < 1.29 is 0 Å². The average Bonchev–Trinajstić information content (AvgIpc) is 2.41. The molecule has 2 aromatic rings. The lowest BCUT2D eigenvalue weighted by Gasteiger charge is -2.08. The summed E-state index contributed by atoms with van der Waals surface area (Å²) in [5, 5.41) is 9.95. The fourth-order valence-electron chi connectivity index (χ4n) is 1.89. The third kappa shape index (κ3) is 3.32. The zero-order valence-corrected chi connectivity index (χ0v) is 10.6. The maximum atomic E-state index is 9.21. The van der Waals surface area contributed by atoms with Gasteiger partial charge in [-0.15, -0.1) is 0 Å². The Kier molecular flexibility index (Phi) is 4.33. The van der Waals surface area contributed by atoms with E-state index in [4.69, 9.17) is 11.6 Å². The second kappa shape index (κ2) is 6.18. The highest BCUT2D eigenvalue weighted by atomic mass is 35.5. The number of nitriles is 1. The molecule has 90 valence electrons. The maximum Gasteiger partial charge on any atom is 0.0730 e. The molecule has 2 rings (SSSR count). The molecule has 0 saturated heterocycles. The predicted molar refractivity (Wildman–Crippen MR) is 72.4 cm³/mol. The van der Waals surface area contributed by atoms with Crippen molar-refractivity contribution in [1.29, 1.82) is 5.26 Å². The first kappa shape index (κ1) is 12.6. The minimum absolute atomic E-state index is 0.113. The third-order valence-electron chi connectivity index (χ3n) is 2.85. The Morgan fingerprint density at radius 1 is 1.28 bits per heavy atom. The molecule has 0 aliphatic rings. The SMILES string of the molecule is N#C[C@@H](CCc1cccc(Cl)c1)c1cccnc1. The molecule has 3 heteroatoms. The molecule has 0 saturated carbocycles. The second-order valence-corrected chi connectivity index (χ2v) is 4.57. The number of hydrogen-bond donors (Lipinski definition) is 0. The molecule has 0 fully saturated rings. The minimum Gasteiger partial charge on any atom is -0.264 e. The molecular formula is C15H13ClN2. The Hall–Kier alpha value is -1.85. The number of hydrogen-bond acceptors (Lipinski definition) is 2. The van der Waals surface area contributed by atoms with E-state index in [-0.39, 0.29) is 5.92 Å². The summed E-state index contributed by atoms with van der Waals surface area (Å²) >= 11 is 5.94. The number of pyridine rings is 1. The van der Waals surface area contributed by atoms with E-state index in [1.165, 1.54) is 0 Å². The van der Waals surface area contributed by atoms with Crippen LogP contribution in [0.1, 0.15) is 23.5 Å². The zero-order chi connectivity index (χ0) is 12.8. The van der Waals surface area contributed by atoms with Gasteiger partial charge in [-0.05, 0) is 42.2 Å². The van der Waals surface area contributed by atoms with Gasteiger partial charge >= 0.3 is 0 Å². The third-order valence-corrected chi connectivity index (χ3v) is 3.09. The van der Waals surface area contributed by atoms with Crippen molar-refractivity contribution in [1.82, 2.24) is 4.98 Å². The van der Waals surface area contributed by atoms with Gasteiger partial charge in [0, 0.05) is 17.4 Å². The van der Waals surface area contributed by atoms with Crippen molar-refractivity contribution in [3.63, 3.8) is 0 Å². The summed E-state index contributed by atoms with van der Waals surface area (Å²) < 4.78 is 0. The molecule has 0 bridgehead atoms. The van der Waals surface area contributed by atoms with Crippen molar-refractivity contribution in [2.45, 2.75) is 18.8 Å². The summed E-state index contributed by atoms with van der Waals surface area (Å²) in [6, 6.07) is 13.9. The van der Waals surface area contributed by atoms with E-state index >= 15 is 0 Å². The Bertz CT molecular complexity index is 546. The molecule has 1 aromatic heterocycles. The number of halogens is 1. The first-order chi connectivity index (χ1) is 8.79. The monoisotopic (exact) mass is 256 g/mol. The Morgan fingerprint density at radius 2 is 2.17 bits per heavy atom. The molecule has 0 aliphatic heterocycles. The topological polar surface area (TPSA) is 36.7 Å². The van der Waals surface area contributed by atoms with Crippen LogP contribution < -0.4 is 0 Å². The van der Waals surface area contributed by atoms with Gasteiger partial charge in [-0.2, -0.15) is 5.26 Å². The highest BCUT2D eigenvalue weighted by Gasteiger charge is 2.10. The fraction of sp³-hybridized carbons (Fsp3) is 0.200. The van der Waals surface area contributed by atoms with E-state index in [2.05, 4.69) is 11.1 Å². The van der Waals surface area contributed by atoms with Crippen LogP contribution in [0.4, 0.5) is 0 Å². The van der Waals surface area contributed by atoms with Gasteiger partial charge in [-0.3, -0.25) is 4.98 Å². The van der Waals surface area contributed by atoms with Crippen molar-refractivity contribution in [2.75, 3.05) is 0 Å². The van der Waals surface area contributed by atoms with Gasteiger partial charge in [-0.25, -0.2) is 0 Å². The van der Waals surface area contributed by atoms with E-state index in [0.717, 1.165) is 29.0 Å². The van der Waals surface area contributed by atoms with Gasteiger partial charge in [0.05, 0.1) is 12.0 Å². The van der Waals surface area contributed by atoms with Gasteiger partial charge in [0.1, 0.15) is 0 Å². The lowest BCUT2D eigenvalue weighted by atomic mass is 9.95. The van der Waals surface area contributed by atoms with Gasteiger partial charge in [0.15, 0.2) is 0 Å². The number of benzene rings is 1. The fourth-order valence-corrected chi connectivity index (χ4v) is 2.10. The van der Waals surface area contributed by atoms with E-state index in [1.54, 1.807) is 12.4 Å². The Balaban J connectivity index is 2.03. The van der Waals surface area contributed by atoms with Crippen molar-refractivity contribution >= 4 is 11.6 Å². The van der Waals surface area contributed by atoms with Crippen molar-refractivity contribution in [2.24, 2.45) is 0 Å². The van der Waals surface area contributed by atoms with Gasteiger partial charge in [0.2, 0.25) is 0 Å². The normalized spacial score (nSPS) is 11.8. The van der Waals surface area contributed by atoms with Crippen LogP contribution in [0.15, 0.2) is 48.8 Å².